The average molecular weight is 618 g/mol. The highest BCUT2D eigenvalue weighted by Crippen LogP contribution is 2.26. The first-order valence-corrected chi connectivity index (χ1v) is 14.9. The molecule has 0 saturated carbocycles. The molecule has 0 radical (unpaired) electrons. The number of anilines is 1. The number of morpholine rings is 1. The van der Waals surface area contributed by atoms with E-state index in [0.717, 1.165) is 24.3 Å². The van der Waals surface area contributed by atoms with E-state index < -0.39 is 38.4 Å². The zero-order valence-corrected chi connectivity index (χ0v) is 23.9. The maximum Gasteiger partial charge on any atom is 0.403 e. The number of carbonyl (C=O) groups is 1. The van der Waals surface area contributed by atoms with E-state index in [2.05, 4.69) is 20.3 Å². The molecule has 4 heterocycles. The fourth-order valence-corrected chi connectivity index (χ4v) is 5.97. The molecule has 0 aliphatic carbocycles. The summed E-state index contributed by atoms with van der Waals surface area (Å²) in [4.78, 5) is 27.7. The smallest absolute Gasteiger partial charge is 0.372 e. The van der Waals surface area contributed by atoms with Crippen molar-refractivity contribution in [2.24, 2.45) is 0 Å². The molecule has 1 N–H and O–H groups in total. The van der Waals surface area contributed by atoms with Gasteiger partial charge in [0.1, 0.15) is 11.6 Å². The second-order valence-electron chi connectivity index (χ2n) is 10.3. The first-order valence-electron chi connectivity index (χ1n) is 13.3. The van der Waals surface area contributed by atoms with Crippen LogP contribution in [0.5, 0.6) is 0 Å². The molecular formula is C29H27F4N5O4S. The zero-order chi connectivity index (χ0) is 30.9. The Morgan fingerprint density at radius 3 is 2.37 bits per heavy atom. The number of nitrogens with zero attached hydrogens (tertiary/aromatic N) is 4. The summed E-state index contributed by atoms with van der Waals surface area (Å²) in [6.07, 6.45) is -3.36. The van der Waals surface area contributed by atoms with Gasteiger partial charge in [0.2, 0.25) is 0 Å². The van der Waals surface area contributed by atoms with Crippen LogP contribution in [-0.2, 0) is 21.1 Å². The minimum Gasteiger partial charge on any atom is -0.372 e. The van der Waals surface area contributed by atoms with E-state index in [-0.39, 0.29) is 24.3 Å². The van der Waals surface area contributed by atoms with E-state index in [1.54, 1.807) is 24.4 Å². The molecule has 14 heteroatoms. The molecular weight excluding hydrogens is 590 g/mol. The van der Waals surface area contributed by atoms with E-state index in [1.165, 1.54) is 12.1 Å². The summed E-state index contributed by atoms with van der Waals surface area (Å²) in [7, 11) is -4.58. The Hall–Kier alpha value is -4.17. The standard InChI is InChI=1S/C29H27F4N5O4S/c1-17-14-38(15-18(2)42-17)27-10-21(30)9-26(37-27)24-8-5-20-12-34-22(11-25(20)36-24)13-35-28(39)19-3-6-23(7-4-19)43(40,41)16-29(31,32)33/h3-12,17-18H,13-16H2,1-2H3,(H,35,39)/t17-,18+. The molecule has 43 heavy (non-hydrogen) atoms. The molecule has 0 bridgehead atoms. The van der Waals surface area contributed by atoms with E-state index in [4.69, 9.17) is 4.74 Å². The van der Waals surface area contributed by atoms with Crippen molar-refractivity contribution in [3.05, 3.63) is 77.9 Å². The van der Waals surface area contributed by atoms with E-state index in [0.29, 0.717) is 46.9 Å². The fraction of sp³-hybridized carbons (Fsp3) is 0.310. The predicted octanol–water partition coefficient (Wildman–Crippen LogP) is 4.71. The highest BCUT2D eigenvalue weighted by molar-refractivity contribution is 7.91. The molecule has 1 fully saturated rings. The number of aromatic nitrogens is 3. The Bertz CT molecular complexity index is 1760. The molecule has 9 nitrogen and oxygen atoms in total. The van der Waals surface area contributed by atoms with E-state index in [9.17, 15) is 30.8 Å². The number of rotatable bonds is 7. The highest BCUT2D eigenvalue weighted by atomic mass is 32.2. The van der Waals surface area contributed by atoms with Crippen LogP contribution in [0.1, 0.15) is 29.9 Å². The second-order valence-corrected chi connectivity index (χ2v) is 12.3. The van der Waals surface area contributed by atoms with Crippen molar-refractivity contribution in [1.29, 1.82) is 0 Å². The molecule has 1 saturated heterocycles. The molecule has 5 rings (SSSR count). The summed E-state index contributed by atoms with van der Waals surface area (Å²) in [5.41, 5.74) is 1.86. The molecule has 3 aromatic heterocycles. The van der Waals surface area contributed by atoms with E-state index >= 15 is 0 Å². The summed E-state index contributed by atoms with van der Waals surface area (Å²) in [5, 5.41) is 3.35. The van der Waals surface area contributed by atoms with Gasteiger partial charge in [-0.15, -0.1) is 0 Å². The number of hydrogen-bond acceptors (Lipinski definition) is 8. The number of pyridine rings is 3. The highest BCUT2D eigenvalue weighted by Gasteiger charge is 2.36. The van der Waals surface area contributed by atoms with Crippen molar-refractivity contribution in [2.45, 2.75) is 43.7 Å². The number of ether oxygens (including phenoxy) is 1. The average Bonchev–Trinajstić information content (AvgIpc) is 2.93. The topological polar surface area (TPSA) is 114 Å². The van der Waals surface area contributed by atoms with Crippen molar-refractivity contribution < 1.29 is 35.5 Å². The zero-order valence-electron chi connectivity index (χ0n) is 23.1. The van der Waals surface area contributed by atoms with Crippen LogP contribution in [0.2, 0.25) is 0 Å². The summed E-state index contributed by atoms with van der Waals surface area (Å²) in [5.74, 6) is -2.52. The molecule has 1 aromatic carbocycles. The maximum absolute atomic E-state index is 14.7. The third-order valence-corrected chi connectivity index (χ3v) is 8.37. The third-order valence-electron chi connectivity index (χ3n) is 6.67. The van der Waals surface area contributed by atoms with Crippen molar-refractivity contribution in [3.8, 4) is 11.4 Å². The van der Waals surface area contributed by atoms with Crippen molar-refractivity contribution in [3.63, 3.8) is 0 Å². The molecule has 1 aliphatic rings. The lowest BCUT2D eigenvalue weighted by atomic mass is 10.1. The number of halogens is 4. The van der Waals surface area contributed by atoms with Crippen LogP contribution in [0.15, 0.2) is 65.7 Å². The van der Waals surface area contributed by atoms with Crippen LogP contribution in [-0.4, -0.2) is 66.5 Å². The summed E-state index contributed by atoms with van der Waals surface area (Å²) < 4.78 is 82.0. The van der Waals surface area contributed by atoms with Gasteiger partial charge in [-0.1, -0.05) is 0 Å². The Kier molecular flexibility index (Phi) is 8.34. The van der Waals surface area contributed by atoms with Crippen LogP contribution >= 0.6 is 0 Å². The van der Waals surface area contributed by atoms with Crippen molar-refractivity contribution in [2.75, 3.05) is 23.7 Å². The van der Waals surface area contributed by atoms with Crippen LogP contribution < -0.4 is 10.2 Å². The van der Waals surface area contributed by atoms with Gasteiger partial charge in [-0.05, 0) is 56.3 Å². The van der Waals surface area contributed by atoms with Crippen molar-refractivity contribution >= 4 is 32.5 Å². The SMILES string of the molecule is C[C@@H]1CN(c2cc(F)cc(-c3ccc4cnc(CNC(=O)c5ccc(S(=O)(=O)CC(F)(F)F)cc5)cc4n3)n2)C[C@H](C)O1. The largest absolute Gasteiger partial charge is 0.403 e. The molecule has 2 atom stereocenters. The molecule has 1 aliphatic heterocycles. The van der Waals surface area contributed by atoms with Gasteiger partial charge in [0.25, 0.3) is 5.91 Å². The molecule has 1 amide bonds. The summed E-state index contributed by atoms with van der Waals surface area (Å²) >= 11 is 0. The summed E-state index contributed by atoms with van der Waals surface area (Å²) in [6, 6.07) is 12.1. The Morgan fingerprint density at radius 1 is 1.00 bits per heavy atom. The second kappa shape index (κ2) is 11.8. The van der Waals surface area contributed by atoms with E-state index in [1.807, 2.05) is 18.7 Å². The minimum absolute atomic E-state index is 0.00936. The van der Waals surface area contributed by atoms with Crippen LogP contribution in [0.25, 0.3) is 22.3 Å². The number of alkyl halides is 3. The number of carbonyl (C=O) groups excluding carboxylic acids is 1. The third kappa shape index (κ3) is 7.43. The Labute approximate surface area is 244 Å². The van der Waals surface area contributed by atoms with Crippen molar-refractivity contribution in [1.82, 2.24) is 20.3 Å². The molecule has 4 aromatic rings. The molecule has 226 valence electrons. The quantitative estimate of drug-likeness (QED) is 0.297. The Balaban J connectivity index is 1.30. The van der Waals surface area contributed by atoms with Gasteiger partial charge in [0.15, 0.2) is 15.6 Å². The number of benzene rings is 1. The van der Waals surface area contributed by atoms with Gasteiger partial charge in [-0.25, -0.2) is 22.8 Å². The van der Waals surface area contributed by atoms with Gasteiger partial charge in [-0.3, -0.25) is 9.78 Å². The Morgan fingerprint density at radius 2 is 1.70 bits per heavy atom. The van der Waals surface area contributed by atoms with Gasteiger partial charge in [0, 0.05) is 42.4 Å². The first-order chi connectivity index (χ1) is 20.3. The molecule has 0 unspecified atom stereocenters. The number of amides is 1. The van der Waals surface area contributed by atoms with Gasteiger partial charge in [0.05, 0.1) is 46.2 Å². The number of nitrogens with one attached hydrogen (secondary N) is 1. The number of sulfone groups is 1. The minimum atomic E-state index is -4.88. The summed E-state index contributed by atoms with van der Waals surface area (Å²) in [6.45, 7) is 5.05. The molecule has 0 spiro atoms. The lowest BCUT2D eigenvalue weighted by Gasteiger charge is -2.36. The monoisotopic (exact) mass is 617 g/mol. The van der Waals surface area contributed by atoms with Crippen LogP contribution in [0, 0.1) is 5.82 Å². The normalized spacial score (nSPS) is 17.7. The van der Waals surface area contributed by atoms with Gasteiger partial charge >= 0.3 is 6.18 Å². The first kappa shape index (κ1) is 30.3. The lowest BCUT2D eigenvalue weighted by Crippen LogP contribution is -2.45. The number of fused-ring (bicyclic) bond motifs is 1. The lowest BCUT2D eigenvalue weighted by molar-refractivity contribution is -0.106. The predicted molar refractivity (Wildman–Crippen MR) is 151 cm³/mol. The van der Waals surface area contributed by atoms with Crippen LogP contribution in [0.3, 0.4) is 0 Å². The van der Waals surface area contributed by atoms with Gasteiger partial charge in [-0.2, -0.15) is 13.2 Å². The van der Waals surface area contributed by atoms with Gasteiger partial charge < -0.3 is 15.0 Å². The van der Waals surface area contributed by atoms with Crippen LogP contribution in [0.4, 0.5) is 23.4 Å². The number of hydrogen-bond donors (Lipinski definition) is 1. The maximum atomic E-state index is 14.7. The fourth-order valence-electron chi connectivity index (χ4n) is 4.82.